The highest BCUT2D eigenvalue weighted by atomic mass is 79.9. The van der Waals surface area contributed by atoms with Crippen molar-refractivity contribution in [2.24, 2.45) is 7.05 Å². The topological polar surface area (TPSA) is 76.5 Å². The van der Waals surface area contributed by atoms with Crippen molar-refractivity contribution in [3.05, 3.63) is 45.7 Å². The Labute approximate surface area is 166 Å². The number of carbonyl (C=O) groups excluding carboxylic acids is 2. The van der Waals surface area contributed by atoms with E-state index >= 15 is 0 Å². The fourth-order valence-corrected chi connectivity index (χ4v) is 3.24. The Hall–Kier alpha value is -2.35. The Morgan fingerprint density at radius 2 is 1.89 bits per heavy atom. The van der Waals surface area contributed by atoms with Gasteiger partial charge in [-0.05, 0) is 45.0 Å². The smallest absolute Gasteiger partial charge is 0.410 e. The third-order valence-electron chi connectivity index (χ3n) is 4.21. The molecule has 1 N–H and O–H groups in total. The van der Waals surface area contributed by atoms with E-state index in [2.05, 4.69) is 26.3 Å². The number of halogens is 1. The molecule has 0 bridgehead atoms. The maximum Gasteiger partial charge on any atom is 0.410 e. The van der Waals surface area contributed by atoms with Crippen molar-refractivity contribution in [2.45, 2.75) is 39.3 Å². The second kappa shape index (κ2) is 7.34. The van der Waals surface area contributed by atoms with Crippen LogP contribution in [-0.2, 0) is 24.8 Å². The van der Waals surface area contributed by atoms with Crippen molar-refractivity contribution in [3.63, 3.8) is 0 Å². The first-order chi connectivity index (χ1) is 12.6. The first-order valence-corrected chi connectivity index (χ1v) is 9.53. The van der Waals surface area contributed by atoms with Gasteiger partial charge < -0.3 is 15.0 Å². The molecule has 0 saturated carbocycles. The van der Waals surface area contributed by atoms with Crippen LogP contribution in [-0.4, -0.2) is 38.8 Å². The second-order valence-electron chi connectivity index (χ2n) is 7.51. The summed E-state index contributed by atoms with van der Waals surface area (Å²) in [5.41, 5.74) is 2.19. The molecule has 2 amide bonds. The van der Waals surface area contributed by atoms with Gasteiger partial charge in [0.1, 0.15) is 5.60 Å². The summed E-state index contributed by atoms with van der Waals surface area (Å²) in [5.74, 6) is -0.291. The summed E-state index contributed by atoms with van der Waals surface area (Å²) < 4.78 is 8.12. The minimum atomic E-state index is -0.561. The predicted octanol–water partition coefficient (Wildman–Crippen LogP) is 3.73. The molecule has 0 radical (unpaired) electrons. The minimum Gasteiger partial charge on any atom is -0.444 e. The molecule has 27 heavy (non-hydrogen) atoms. The largest absolute Gasteiger partial charge is 0.444 e. The standard InChI is InChI=1S/C19H23BrN4O3/c1-19(2,3)27-18(26)24-10-9-15-14(11-24)16(22-23(15)4)17(25)21-13-7-5-12(20)6-8-13/h5-8H,9-11H2,1-4H3,(H,21,25). The van der Waals surface area contributed by atoms with E-state index in [0.717, 1.165) is 15.7 Å². The molecule has 2 aromatic rings. The van der Waals surface area contributed by atoms with Gasteiger partial charge in [0.15, 0.2) is 5.69 Å². The number of anilines is 1. The van der Waals surface area contributed by atoms with Gasteiger partial charge >= 0.3 is 6.09 Å². The lowest BCUT2D eigenvalue weighted by molar-refractivity contribution is 0.0222. The summed E-state index contributed by atoms with van der Waals surface area (Å²) in [4.78, 5) is 26.8. The van der Waals surface area contributed by atoms with Crippen LogP contribution in [0.1, 0.15) is 42.5 Å². The zero-order valence-electron chi connectivity index (χ0n) is 15.9. The van der Waals surface area contributed by atoms with Gasteiger partial charge in [-0.2, -0.15) is 5.10 Å². The Morgan fingerprint density at radius 3 is 2.52 bits per heavy atom. The molecule has 3 rings (SSSR count). The van der Waals surface area contributed by atoms with Crippen molar-refractivity contribution in [1.82, 2.24) is 14.7 Å². The van der Waals surface area contributed by atoms with Gasteiger partial charge in [-0.25, -0.2) is 4.79 Å². The van der Waals surface area contributed by atoms with Gasteiger partial charge in [0, 0.05) is 41.4 Å². The first kappa shape index (κ1) is 19.4. The number of nitrogens with one attached hydrogen (secondary N) is 1. The van der Waals surface area contributed by atoms with E-state index in [1.165, 1.54) is 0 Å². The lowest BCUT2D eigenvalue weighted by atomic mass is 10.0. The molecule has 7 nitrogen and oxygen atoms in total. The summed E-state index contributed by atoms with van der Waals surface area (Å²) in [6.45, 7) is 6.35. The highest BCUT2D eigenvalue weighted by Gasteiger charge is 2.31. The van der Waals surface area contributed by atoms with Crippen LogP contribution in [0, 0.1) is 0 Å². The number of benzene rings is 1. The SMILES string of the molecule is Cn1nc(C(=O)Nc2ccc(Br)cc2)c2c1CCN(C(=O)OC(C)(C)C)C2. The van der Waals surface area contributed by atoms with Crippen LogP contribution >= 0.6 is 15.9 Å². The van der Waals surface area contributed by atoms with Crippen molar-refractivity contribution in [2.75, 3.05) is 11.9 Å². The number of carbonyl (C=O) groups is 2. The van der Waals surface area contributed by atoms with E-state index in [1.54, 1.807) is 9.58 Å². The summed E-state index contributed by atoms with van der Waals surface area (Å²) in [6, 6.07) is 7.33. The molecular weight excluding hydrogens is 412 g/mol. The molecule has 1 aromatic heterocycles. The van der Waals surface area contributed by atoms with Crippen LogP contribution in [0.25, 0.3) is 0 Å². The molecule has 0 aliphatic carbocycles. The molecule has 144 valence electrons. The first-order valence-electron chi connectivity index (χ1n) is 8.73. The van der Waals surface area contributed by atoms with Crippen LogP contribution in [0.4, 0.5) is 10.5 Å². The minimum absolute atomic E-state index is 0.291. The Morgan fingerprint density at radius 1 is 1.22 bits per heavy atom. The van der Waals surface area contributed by atoms with E-state index in [1.807, 2.05) is 52.1 Å². The average Bonchev–Trinajstić information content (AvgIpc) is 2.92. The van der Waals surface area contributed by atoms with Gasteiger partial charge in [0.25, 0.3) is 5.91 Å². The molecule has 0 saturated heterocycles. The number of ether oxygens (including phenoxy) is 1. The summed E-state index contributed by atoms with van der Waals surface area (Å²) in [5, 5.41) is 7.25. The van der Waals surface area contributed by atoms with Crippen LogP contribution in [0.3, 0.4) is 0 Å². The molecule has 0 spiro atoms. The summed E-state index contributed by atoms with van der Waals surface area (Å²) >= 11 is 3.37. The van der Waals surface area contributed by atoms with Crippen LogP contribution < -0.4 is 5.32 Å². The summed E-state index contributed by atoms with van der Waals surface area (Å²) in [7, 11) is 1.82. The molecule has 0 atom stereocenters. The summed E-state index contributed by atoms with van der Waals surface area (Å²) in [6.07, 6.45) is 0.250. The molecule has 2 heterocycles. The second-order valence-corrected chi connectivity index (χ2v) is 8.43. The lowest BCUT2D eigenvalue weighted by Crippen LogP contribution is -2.40. The van der Waals surface area contributed by atoms with Crippen molar-refractivity contribution in [1.29, 1.82) is 0 Å². The van der Waals surface area contributed by atoms with Crippen molar-refractivity contribution in [3.8, 4) is 0 Å². The van der Waals surface area contributed by atoms with Crippen LogP contribution in [0.2, 0.25) is 0 Å². The monoisotopic (exact) mass is 434 g/mol. The zero-order chi connectivity index (χ0) is 19.8. The van der Waals surface area contributed by atoms with Crippen LogP contribution in [0.5, 0.6) is 0 Å². The number of aryl methyl sites for hydroxylation is 1. The van der Waals surface area contributed by atoms with Crippen LogP contribution in [0.15, 0.2) is 28.7 Å². The number of amides is 2. The van der Waals surface area contributed by atoms with Gasteiger partial charge in [0.05, 0.1) is 6.54 Å². The number of hydrogen-bond donors (Lipinski definition) is 1. The van der Waals surface area contributed by atoms with Crippen molar-refractivity contribution < 1.29 is 14.3 Å². The zero-order valence-corrected chi connectivity index (χ0v) is 17.5. The molecule has 1 aromatic carbocycles. The molecule has 1 aliphatic rings. The third-order valence-corrected chi connectivity index (χ3v) is 4.74. The van der Waals surface area contributed by atoms with Gasteiger partial charge in [-0.1, -0.05) is 15.9 Å². The highest BCUT2D eigenvalue weighted by molar-refractivity contribution is 9.10. The number of aromatic nitrogens is 2. The predicted molar refractivity (Wildman–Crippen MR) is 106 cm³/mol. The molecular formula is C19H23BrN4O3. The fraction of sp³-hybridized carbons (Fsp3) is 0.421. The number of rotatable bonds is 2. The Kier molecular flexibility index (Phi) is 5.28. The number of fused-ring (bicyclic) bond motifs is 1. The van der Waals surface area contributed by atoms with E-state index in [0.29, 0.717) is 30.9 Å². The normalized spacial score (nSPS) is 13.9. The maximum absolute atomic E-state index is 12.8. The maximum atomic E-state index is 12.8. The number of nitrogens with zero attached hydrogens (tertiary/aromatic N) is 3. The van der Waals surface area contributed by atoms with E-state index < -0.39 is 5.60 Å². The molecule has 1 aliphatic heterocycles. The molecule has 8 heteroatoms. The van der Waals surface area contributed by atoms with E-state index in [-0.39, 0.29) is 12.0 Å². The van der Waals surface area contributed by atoms with Gasteiger partial charge in [-0.15, -0.1) is 0 Å². The van der Waals surface area contributed by atoms with Gasteiger partial charge in [-0.3, -0.25) is 9.48 Å². The van der Waals surface area contributed by atoms with Crippen molar-refractivity contribution >= 4 is 33.6 Å². The number of hydrogen-bond acceptors (Lipinski definition) is 4. The molecule has 0 unspecified atom stereocenters. The Bertz CT molecular complexity index is 868. The fourth-order valence-electron chi connectivity index (χ4n) is 2.98. The lowest BCUT2D eigenvalue weighted by Gasteiger charge is -2.30. The third kappa shape index (κ3) is 4.50. The quantitative estimate of drug-likeness (QED) is 0.780. The average molecular weight is 435 g/mol. The van der Waals surface area contributed by atoms with E-state index in [9.17, 15) is 9.59 Å². The van der Waals surface area contributed by atoms with E-state index in [4.69, 9.17) is 4.74 Å². The highest BCUT2D eigenvalue weighted by Crippen LogP contribution is 2.25. The Balaban J connectivity index is 1.80. The molecule has 0 fully saturated rings. The van der Waals surface area contributed by atoms with Gasteiger partial charge in [0.2, 0.25) is 0 Å².